The van der Waals surface area contributed by atoms with Gasteiger partial charge in [0.05, 0.1) is 19.4 Å². The highest BCUT2D eigenvalue weighted by Crippen LogP contribution is 2.23. The Kier molecular flexibility index (Phi) is 4.70. The molecule has 1 atom stereocenters. The van der Waals surface area contributed by atoms with E-state index in [0.29, 0.717) is 22.3 Å². The Hall–Kier alpha value is -1.14. The zero-order valence-electron chi connectivity index (χ0n) is 9.86. The molecule has 1 heterocycles. The summed E-state index contributed by atoms with van der Waals surface area (Å²) in [6.45, 7) is 4.36. The quantitative estimate of drug-likeness (QED) is 0.799. The number of anilines is 1. The smallest absolute Gasteiger partial charge is 0.350 e. The van der Waals surface area contributed by atoms with Crippen LogP contribution in [0.1, 0.15) is 22.3 Å². The number of nitrogens with one attached hydrogen (secondary N) is 1. The molecule has 0 bridgehead atoms. The van der Waals surface area contributed by atoms with Crippen LogP contribution in [0.2, 0.25) is 0 Å². The van der Waals surface area contributed by atoms with Crippen LogP contribution in [-0.2, 0) is 9.47 Å². The summed E-state index contributed by atoms with van der Waals surface area (Å²) in [6, 6.07) is 0.154. The first-order chi connectivity index (χ1) is 7.58. The van der Waals surface area contributed by atoms with E-state index in [4.69, 9.17) is 4.74 Å². The van der Waals surface area contributed by atoms with Gasteiger partial charge in [-0.1, -0.05) is 11.3 Å². The third kappa shape index (κ3) is 3.18. The van der Waals surface area contributed by atoms with E-state index in [1.165, 1.54) is 18.4 Å². The Bertz CT molecular complexity index is 365. The minimum atomic E-state index is -0.345. The third-order valence-electron chi connectivity index (χ3n) is 1.95. The largest absolute Gasteiger partial charge is 0.465 e. The fourth-order valence-corrected chi connectivity index (χ4v) is 2.24. The predicted molar refractivity (Wildman–Crippen MR) is 63.2 cm³/mol. The Labute approximate surface area is 98.8 Å². The van der Waals surface area contributed by atoms with E-state index in [0.717, 1.165) is 0 Å². The van der Waals surface area contributed by atoms with Crippen LogP contribution in [0.3, 0.4) is 0 Å². The summed E-state index contributed by atoms with van der Waals surface area (Å²) in [5, 5.41) is 3.87. The molecule has 1 unspecified atom stereocenters. The molecule has 0 amide bonds. The van der Waals surface area contributed by atoms with E-state index in [9.17, 15) is 4.79 Å². The molecule has 0 aliphatic carbocycles. The van der Waals surface area contributed by atoms with Crippen molar-refractivity contribution in [3.05, 3.63) is 10.6 Å². The number of carbonyl (C=O) groups is 1. The number of esters is 1. The molecule has 1 aromatic rings. The lowest BCUT2D eigenvalue weighted by Gasteiger charge is -2.10. The molecule has 0 saturated heterocycles. The van der Waals surface area contributed by atoms with Crippen LogP contribution in [0.5, 0.6) is 0 Å². The summed E-state index contributed by atoms with van der Waals surface area (Å²) in [7, 11) is 3.01. The second-order valence-corrected chi connectivity index (χ2v) is 4.42. The van der Waals surface area contributed by atoms with Gasteiger partial charge in [0.2, 0.25) is 0 Å². The lowest BCUT2D eigenvalue weighted by atomic mass is 10.4. The molecule has 1 aromatic heterocycles. The van der Waals surface area contributed by atoms with Gasteiger partial charge in [-0.2, -0.15) is 0 Å². The average Bonchev–Trinajstić information content (AvgIpc) is 2.58. The number of methoxy groups -OCH3 is 2. The molecule has 6 heteroatoms. The highest BCUT2D eigenvalue weighted by Gasteiger charge is 2.16. The highest BCUT2D eigenvalue weighted by atomic mass is 32.1. The standard InChI is InChI=1S/C10H16N2O3S/c1-6(5-14-3)11-10-12-7(2)8(16-10)9(13)15-4/h6H,5H2,1-4H3,(H,11,12). The lowest BCUT2D eigenvalue weighted by Crippen LogP contribution is -2.20. The van der Waals surface area contributed by atoms with E-state index in [2.05, 4.69) is 15.0 Å². The van der Waals surface area contributed by atoms with Crippen molar-refractivity contribution in [1.82, 2.24) is 4.98 Å². The first kappa shape index (κ1) is 12.9. The number of aromatic nitrogens is 1. The Morgan fingerprint density at radius 2 is 2.25 bits per heavy atom. The van der Waals surface area contributed by atoms with Gasteiger partial charge < -0.3 is 14.8 Å². The molecule has 0 aliphatic rings. The molecule has 0 radical (unpaired) electrons. The van der Waals surface area contributed by atoms with Gasteiger partial charge >= 0.3 is 5.97 Å². The summed E-state index contributed by atoms with van der Waals surface area (Å²) < 4.78 is 9.67. The fourth-order valence-electron chi connectivity index (χ4n) is 1.24. The molecular formula is C10H16N2O3S. The number of carbonyl (C=O) groups excluding carboxylic acids is 1. The first-order valence-electron chi connectivity index (χ1n) is 4.89. The van der Waals surface area contributed by atoms with Gasteiger partial charge in [-0.05, 0) is 13.8 Å². The molecule has 1 rings (SSSR count). The zero-order chi connectivity index (χ0) is 12.1. The highest BCUT2D eigenvalue weighted by molar-refractivity contribution is 7.17. The van der Waals surface area contributed by atoms with Gasteiger partial charge in [-0.3, -0.25) is 0 Å². The van der Waals surface area contributed by atoms with Gasteiger partial charge in [0.25, 0.3) is 0 Å². The third-order valence-corrected chi connectivity index (χ3v) is 3.02. The SMILES string of the molecule is COCC(C)Nc1nc(C)c(C(=O)OC)s1. The summed E-state index contributed by atoms with van der Waals surface area (Å²) in [6.07, 6.45) is 0. The van der Waals surface area contributed by atoms with Crippen LogP contribution in [0.4, 0.5) is 5.13 Å². The molecule has 16 heavy (non-hydrogen) atoms. The maximum absolute atomic E-state index is 11.4. The number of aryl methyl sites for hydroxylation is 1. The van der Waals surface area contributed by atoms with Crippen molar-refractivity contribution in [1.29, 1.82) is 0 Å². The minimum absolute atomic E-state index is 0.154. The second kappa shape index (κ2) is 5.81. The Morgan fingerprint density at radius 1 is 1.56 bits per heavy atom. The number of hydrogen-bond acceptors (Lipinski definition) is 6. The van der Waals surface area contributed by atoms with Gasteiger partial charge in [0, 0.05) is 13.2 Å². The summed E-state index contributed by atoms with van der Waals surface area (Å²) in [5.74, 6) is -0.345. The molecule has 0 spiro atoms. The average molecular weight is 244 g/mol. The normalized spacial score (nSPS) is 12.2. The maximum Gasteiger partial charge on any atom is 0.350 e. The number of thiazole rings is 1. The zero-order valence-corrected chi connectivity index (χ0v) is 10.7. The minimum Gasteiger partial charge on any atom is -0.465 e. The van der Waals surface area contributed by atoms with E-state index >= 15 is 0 Å². The molecular weight excluding hydrogens is 228 g/mol. The van der Waals surface area contributed by atoms with Crippen molar-refractivity contribution in [3.63, 3.8) is 0 Å². The Morgan fingerprint density at radius 3 is 2.81 bits per heavy atom. The van der Waals surface area contributed by atoms with E-state index in [1.807, 2.05) is 6.92 Å². The number of nitrogens with zero attached hydrogens (tertiary/aromatic N) is 1. The molecule has 0 aliphatic heterocycles. The van der Waals surface area contributed by atoms with Crippen molar-refractivity contribution < 1.29 is 14.3 Å². The van der Waals surface area contributed by atoms with Crippen LogP contribution in [-0.4, -0.2) is 37.8 Å². The molecule has 5 nitrogen and oxygen atoms in total. The van der Waals surface area contributed by atoms with Gasteiger partial charge in [-0.25, -0.2) is 9.78 Å². The molecule has 1 N–H and O–H groups in total. The summed E-state index contributed by atoms with van der Waals surface area (Å²) in [4.78, 5) is 16.1. The first-order valence-corrected chi connectivity index (χ1v) is 5.71. The predicted octanol–water partition coefficient (Wildman–Crippen LogP) is 1.68. The van der Waals surface area contributed by atoms with Crippen molar-refractivity contribution in [2.24, 2.45) is 0 Å². The number of ether oxygens (including phenoxy) is 2. The van der Waals surface area contributed by atoms with Crippen molar-refractivity contribution in [2.45, 2.75) is 19.9 Å². The topological polar surface area (TPSA) is 60.5 Å². The fraction of sp³-hybridized carbons (Fsp3) is 0.600. The molecule has 0 saturated carbocycles. The number of hydrogen-bond donors (Lipinski definition) is 1. The van der Waals surface area contributed by atoms with Crippen LogP contribution in [0.15, 0.2) is 0 Å². The van der Waals surface area contributed by atoms with Gasteiger partial charge in [-0.15, -0.1) is 0 Å². The van der Waals surface area contributed by atoms with Gasteiger partial charge in [0.1, 0.15) is 4.88 Å². The monoisotopic (exact) mass is 244 g/mol. The van der Waals surface area contributed by atoms with E-state index in [1.54, 1.807) is 14.0 Å². The van der Waals surface area contributed by atoms with E-state index in [-0.39, 0.29) is 12.0 Å². The summed E-state index contributed by atoms with van der Waals surface area (Å²) in [5.41, 5.74) is 0.684. The molecule has 0 aromatic carbocycles. The maximum atomic E-state index is 11.4. The van der Waals surface area contributed by atoms with Crippen LogP contribution < -0.4 is 5.32 Å². The summed E-state index contributed by atoms with van der Waals surface area (Å²) >= 11 is 1.29. The van der Waals surface area contributed by atoms with Crippen molar-refractivity contribution >= 4 is 22.4 Å². The van der Waals surface area contributed by atoms with Crippen LogP contribution >= 0.6 is 11.3 Å². The van der Waals surface area contributed by atoms with Crippen LogP contribution in [0, 0.1) is 6.92 Å². The number of rotatable bonds is 5. The molecule has 90 valence electrons. The molecule has 0 fully saturated rings. The van der Waals surface area contributed by atoms with Gasteiger partial charge in [0.15, 0.2) is 5.13 Å². The van der Waals surface area contributed by atoms with E-state index < -0.39 is 0 Å². The van der Waals surface area contributed by atoms with Crippen molar-refractivity contribution in [2.75, 3.05) is 26.1 Å². The Balaban J connectivity index is 2.73. The second-order valence-electron chi connectivity index (χ2n) is 3.43. The van der Waals surface area contributed by atoms with Crippen molar-refractivity contribution in [3.8, 4) is 0 Å². The lowest BCUT2D eigenvalue weighted by molar-refractivity contribution is 0.0605. The van der Waals surface area contributed by atoms with Crippen LogP contribution in [0.25, 0.3) is 0 Å².